The number of amides is 1. The molecule has 130 valence electrons. The fourth-order valence-electron chi connectivity index (χ4n) is 2.49. The van der Waals surface area contributed by atoms with E-state index in [2.05, 4.69) is 22.2 Å². The van der Waals surface area contributed by atoms with Crippen LogP contribution in [0.5, 0.6) is 5.75 Å². The molecule has 0 spiro atoms. The highest BCUT2D eigenvalue weighted by Crippen LogP contribution is 2.13. The van der Waals surface area contributed by atoms with Crippen molar-refractivity contribution in [2.75, 3.05) is 13.2 Å². The molecule has 5 nitrogen and oxygen atoms in total. The maximum Gasteiger partial charge on any atom is 0.257 e. The van der Waals surface area contributed by atoms with Crippen LogP contribution >= 0.6 is 0 Å². The van der Waals surface area contributed by atoms with E-state index in [0.717, 1.165) is 6.42 Å². The third-order valence-corrected chi connectivity index (χ3v) is 3.88. The summed E-state index contributed by atoms with van der Waals surface area (Å²) in [4.78, 5) is 19.2. The van der Waals surface area contributed by atoms with Gasteiger partial charge in [0.1, 0.15) is 17.4 Å². The van der Waals surface area contributed by atoms with Crippen LogP contribution in [0, 0.1) is 5.82 Å². The molecular formula is C19H20FN3O2. The molecule has 0 saturated heterocycles. The summed E-state index contributed by atoms with van der Waals surface area (Å²) in [7, 11) is 0. The molecule has 1 amide bonds. The molecule has 0 bridgehead atoms. The van der Waals surface area contributed by atoms with E-state index in [-0.39, 0.29) is 18.3 Å². The summed E-state index contributed by atoms with van der Waals surface area (Å²) in [5, 5.41) is 2.78. The number of hydrogen-bond acceptors (Lipinski definition) is 3. The highest BCUT2D eigenvalue weighted by Gasteiger charge is 2.06. The van der Waals surface area contributed by atoms with Crippen molar-refractivity contribution in [2.24, 2.45) is 0 Å². The molecule has 0 unspecified atom stereocenters. The Morgan fingerprint density at radius 1 is 1.24 bits per heavy atom. The van der Waals surface area contributed by atoms with Crippen molar-refractivity contribution in [2.45, 2.75) is 19.8 Å². The zero-order valence-corrected chi connectivity index (χ0v) is 14.0. The maximum atomic E-state index is 13.2. The number of imidazole rings is 1. The highest BCUT2D eigenvalue weighted by molar-refractivity contribution is 5.77. The average Bonchev–Trinajstić information content (AvgIpc) is 3.02. The van der Waals surface area contributed by atoms with Crippen molar-refractivity contribution in [3.8, 4) is 5.75 Å². The average molecular weight is 341 g/mol. The number of aromatic amines is 1. The summed E-state index contributed by atoms with van der Waals surface area (Å²) < 4.78 is 18.6. The topological polar surface area (TPSA) is 67.0 Å². The first kappa shape index (κ1) is 17.0. The van der Waals surface area contributed by atoms with Crippen LogP contribution in [0.25, 0.3) is 11.0 Å². The standard InChI is InChI=1S/C19H20FN3O2/c1-2-13-3-6-15(7-4-13)25-12-19(24)21-10-9-18-22-16-8-5-14(20)11-17(16)23-18/h3-8,11H,2,9-10,12H2,1H3,(H,21,24)(H,22,23). The van der Waals surface area contributed by atoms with Crippen molar-refractivity contribution in [3.63, 3.8) is 0 Å². The summed E-state index contributed by atoms with van der Waals surface area (Å²) in [5.41, 5.74) is 2.59. The molecule has 0 radical (unpaired) electrons. The minimum atomic E-state index is -0.305. The fraction of sp³-hybridized carbons (Fsp3) is 0.263. The Balaban J connectivity index is 1.43. The van der Waals surface area contributed by atoms with Gasteiger partial charge in [-0.25, -0.2) is 9.37 Å². The summed E-state index contributed by atoms with van der Waals surface area (Å²) in [6.45, 7) is 2.48. The first-order valence-electron chi connectivity index (χ1n) is 8.26. The van der Waals surface area contributed by atoms with Crippen LogP contribution in [0.2, 0.25) is 0 Å². The quantitative estimate of drug-likeness (QED) is 0.694. The van der Waals surface area contributed by atoms with Crippen molar-refractivity contribution in [1.29, 1.82) is 0 Å². The number of ether oxygens (including phenoxy) is 1. The van der Waals surface area contributed by atoms with Crippen LogP contribution in [0.15, 0.2) is 42.5 Å². The van der Waals surface area contributed by atoms with Crippen molar-refractivity contribution in [1.82, 2.24) is 15.3 Å². The number of rotatable bonds is 7. The van der Waals surface area contributed by atoms with Crippen LogP contribution in [-0.4, -0.2) is 29.0 Å². The molecule has 2 N–H and O–H groups in total. The Hall–Kier alpha value is -2.89. The van der Waals surface area contributed by atoms with Crippen LogP contribution in [0.3, 0.4) is 0 Å². The minimum Gasteiger partial charge on any atom is -0.484 e. The van der Waals surface area contributed by atoms with Gasteiger partial charge in [-0.2, -0.15) is 0 Å². The van der Waals surface area contributed by atoms with Gasteiger partial charge in [0.05, 0.1) is 11.0 Å². The fourth-order valence-corrected chi connectivity index (χ4v) is 2.49. The maximum absolute atomic E-state index is 13.2. The van der Waals surface area contributed by atoms with Gasteiger partial charge >= 0.3 is 0 Å². The van der Waals surface area contributed by atoms with Gasteiger partial charge in [-0.3, -0.25) is 4.79 Å². The molecule has 2 aromatic carbocycles. The summed E-state index contributed by atoms with van der Waals surface area (Å²) in [5.74, 6) is 0.880. The molecular weight excluding hydrogens is 321 g/mol. The molecule has 0 fully saturated rings. The lowest BCUT2D eigenvalue weighted by Crippen LogP contribution is -2.30. The largest absolute Gasteiger partial charge is 0.484 e. The second-order valence-electron chi connectivity index (χ2n) is 5.73. The van der Waals surface area contributed by atoms with Gasteiger partial charge in [0.2, 0.25) is 0 Å². The number of nitrogens with one attached hydrogen (secondary N) is 2. The number of aryl methyl sites for hydroxylation is 1. The van der Waals surface area contributed by atoms with E-state index in [0.29, 0.717) is 35.6 Å². The Morgan fingerprint density at radius 2 is 2.04 bits per heavy atom. The Bertz CT molecular complexity index is 859. The van der Waals surface area contributed by atoms with E-state index in [1.165, 1.54) is 17.7 Å². The van der Waals surface area contributed by atoms with Crippen molar-refractivity contribution in [3.05, 3.63) is 59.7 Å². The second kappa shape index (κ2) is 7.79. The van der Waals surface area contributed by atoms with E-state index in [1.54, 1.807) is 6.07 Å². The van der Waals surface area contributed by atoms with E-state index in [9.17, 15) is 9.18 Å². The number of benzene rings is 2. The van der Waals surface area contributed by atoms with E-state index in [1.807, 2.05) is 24.3 Å². The van der Waals surface area contributed by atoms with E-state index < -0.39 is 0 Å². The van der Waals surface area contributed by atoms with Gasteiger partial charge in [-0.15, -0.1) is 0 Å². The molecule has 1 heterocycles. The SMILES string of the molecule is CCc1ccc(OCC(=O)NCCc2nc3ccc(F)cc3[nH]2)cc1. The van der Waals surface area contributed by atoms with Crippen LogP contribution in [0.4, 0.5) is 4.39 Å². The Morgan fingerprint density at radius 3 is 2.80 bits per heavy atom. The van der Waals surface area contributed by atoms with Crippen molar-refractivity contribution >= 4 is 16.9 Å². The number of aromatic nitrogens is 2. The second-order valence-corrected chi connectivity index (χ2v) is 5.73. The summed E-state index contributed by atoms with van der Waals surface area (Å²) >= 11 is 0. The summed E-state index contributed by atoms with van der Waals surface area (Å²) in [6.07, 6.45) is 1.50. The Kier molecular flexibility index (Phi) is 5.28. The predicted molar refractivity (Wildman–Crippen MR) is 94.1 cm³/mol. The molecule has 25 heavy (non-hydrogen) atoms. The smallest absolute Gasteiger partial charge is 0.257 e. The molecule has 6 heteroatoms. The van der Waals surface area contributed by atoms with Gasteiger partial charge in [-0.1, -0.05) is 19.1 Å². The number of carbonyl (C=O) groups is 1. The molecule has 0 atom stereocenters. The molecule has 1 aromatic heterocycles. The number of hydrogen-bond donors (Lipinski definition) is 2. The normalized spacial score (nSPS) is 10.8. The molecule has 0 aliphatic heterocycles. The lowest BCUT2D eigenvalue weighted by molar-refractivity contribution is -0.123. The molecule has 0 aliphatic carbocycles. The van der Waals surface area contributed by atoms with Gasteiger partial charge in [0.15, 0.2) is 6.61 Å². The third-order valence-electron chi connectivity index (χ3n) is 3.88. The lowest BCUT2D eigenvalue weighted by Gasteiger charge is -2.07. The zero-order valence-electron chi connectivity index (χ0n) is 14.0. The zero-order chi connectivity index (χ0) is 17.6. The predicted octanol–water partition coefficient (Wildman–Crippen LogP) is 3.00. The van der Waals surface area contributed by atoms with Crippen LogP contribution in [0.1, 0.15) is 18.3 Å². The van der Waals surface area contributed by atoms with Crippen LogP contribution in [-0.2, 0) is 17.6 Å². The molecule has 3 aromatic rings. The van der Waals surface area contributed by atoms with Gasteiger partial charge in [0.25, 0.3) is 5.91 Å². The number of H-pyrrole nitrogens is 1. The van der Waals surface area contributed by atoms with E-state index >= 15 is 0 Å². The number of halogens is 1. The molecule has 0 saturated carbocycles. The molecule has 0 aliphatic rings. The van der Waals surface area contributed by atoms with Gasteiger partial charge in [-0.05, 0) is 42.3 Å². The van der Waals surface area contributed by atoms with Gasteiger partial charge < -0.3 is 15.0 Å². The lowest BCUT2D eigenvalue weighted by atomic mass is 10.2. The number of fused-ring (bicyclic) bond motifs is 1. The van der Waals surface area contributed by atoms with Gasteiger partial charge in [0, 0.05) is 13.0 Å². The minimum absolute atomic E-state index is 0.0309. The first-order chi connectivity index (χ1) is 12.1. The summed E-state index contributed by atoms with van der Waals surface area (Å²) in [6, 6.07) is 12.1. The van der Waals surface area contributed by atoms with Crippen LogP contribution < -0.4 is 10.1 Å². The highest BCUT2D eigenvalue weighted by atomic mass is 19.1. The number of carbonyl (C=O) groups excluding carboxylic acids is 1. The third kappa shape index (κ3) is 4.56. The Labute approximate surface area is 145 Å². The molecule has 3 rings (SSSR count). The first-order valence-corrected chi connectivity index (χ1v) is 8.26. The van der Waals surface area contributed by atoms with E-state index in [4.69, 9.17) is 4.74 Å². The monoisotopic (exact) mass is 341 g/mol. The van der Waals surface area contributed by atoms with Crippen molar-refractivity contribution < 1.29 is 13.9 Å². The number of nitrogens with zero attached hydrogens (tertiary/aromatic N) is 1.